The fourth-order valence-corrected chi connectivity index (χ4v) is 0. The molecule has 5 heavy (non-hydrogen) atoms. The summed E-state index contributed by atoms with van der Waals surface area (Å²) in [6.45, 7) is 0. The van der Waals surface area contributed by atoms with Crippen LogP contribution < -0.4 is 0 Å². The normalized spacial score (nSPS) is 2.60. The molecule has 0 unspecified atom stereocenters. The van der Waals surface area contributed by atoms with Crippen molar-refractivity contribution in [2.75, 3.05) is 0 Å². The fraction of sp³-hybridized carbons (Fsp3) is 0. The van der Waals surface area contributed by atoms with Gasteiger partial charge in [0.15, 0.2) is 0 Å². The van der Waals surface area contributed by atoms with Crippen LogP contribution in [0, 0.1) is 35.4 Å². The summed E-state index contributed by atoms with van der Waals surface area (Å²) in [4.78, 5) is 0. The zero-order valence-electron chi connectivity index (χ0n) is 2.08. The van der Waals surface area contributed by atoms with Crippen molar-refractivity contribution in [1.29, 1.82) is 0 Å². The monoisotopic (exact) mass is 270 g/mol. The molecule has 0 atom stereocenters. The molecule has 0 aliphatic heterocycles. The minimum absolute atomic E-state index is 1.44. The Bertz CT molecular complexity index is 38.9. The van der Waals surface area contributed by atoms with Crippen molar-refractivity contribution in [3.05, 3.63) is 0 Å². The average Bonchev–Trinajstić information content (AvgIpc) is 1.46. The van der Waals surface area contributed by atoms with Crippen LogP contribution in [0.25, 0.3) is 0 Å². The van der Waals surface area contributed by atoms with Gasteiger partial charge in [-0.2, -0.15) is 0 Å². The molecule has 0 N–H and O–H groups in total. The maximum absolute atomic E-state index is 8.50. The first-order chi connectivity index (χ1) is 2.41. The molecule has 0 fully saturated rings. The van der Waals surface area contributed by atoms with E-state index >= 15 is 0 Å². The number of hydrogen-bond donors (Lipinski definition) is 0. The summed E-state index contributed by atoms with van der Waals surface area (Å²) in [5, 5.41) is 0. The molecule has 0 aromatic heterocycles. The second-order valence-corrected chi connectivity index (χ2v) is 0.344. The third kappa shape index (κ3) is 25.2. The zero-order valence-corrected chi connectivity index (χ0v) is 6.72. The van der Waals surface area contributed by atoms with Gasteiger partial charge in [-0.3, -0.25) is 0 Å². The van der Waals surface area contributed by atoms with Gasteiger partial charge in [-0.25, -0.2) is 0 Å². The molecule has 0 saturated carbocycles. The quantitative estimate of drug-likeness (QED) is 0.597. The molecule has 0 spiro atoms. The van der Waals surface area contributed by atoms with Crippen LogP contribution in [0.5, 0.6) is 0 Å². The molecule has 0 saturated heterocycles. The minimum atomic E-state index is -2.00. The van der Waals surface area contributed by atoms with Crippen molar-refractivity contribution in [2.24, 2.45) is 0 Å². The van der Waals surface area contributed by atoms with Crippen molar-refractivity contribution in [1.82, 2.24) is 0 Å². The van der Waals surface area contributed by atoms with Gasteiger partial charge in [-0.15, -0.1) is 0 Å². The van der Waals surface area contributed by atoms with Gasteiger partial charge < -0.3 is 0 Å². The van der Waals surface area contributed by atoms with Crippen LogP contribution in [-0.4, -0.2) is 0 Å². The van der Waals surface area contributed by atoms with E-state index in [4.69, 9.17) is 6.65 Å². The molecule has 0 aliphatic carbocycles. The van der Waals surface area contributed by atoms with E-state index in [2.05, 4.69) is 6.17 Å². The molecule has 0 bridgehead atoms. The fourth-order valence-electron chi connectivity index (χ4n) is 0. The van der Waals surface area contributed by atoms with Crippen molar-refractivity contribution in [2.45, 2.75) is 0 Å². The molecule has 0 amide bonds. The van der Waals surface area contributed by atoms with Crippen molar-refractivity contribution in [3.63, 3.8) is 0 Å². The van der Waals surface area contributed by atoms with Gasteiger partial charge >= 0.3 is 67.3 Å². The first kappa shape index (κ1) is 9.97. The molecule has 0 rings (SSSR count). The van der Waals surface area contributed by atoms with Crippen molar-refractivity contribution < 1.29 is 61.1 Å². The van der Waals surface area contributed by atoms with Gasteiger partial charge in [-0.1, -0.05) is 0 Å². The molecule has 0 aromatic rings. The van der Waals surface area contributed by atoms with Crippen molar-refractivity contribution >= 4 is 6.17 Å². The Hall–Kier alpha value is 1.86. The number of hydrogen-bond acceptors (Lipinski definition) is 3. The second-order valence-electron chi connectivity index (χ2n) is 0.0833. The standard InChI is InChI=1S/Gd.2O.S.Ti. The molecular weight excluding hydrogens is 269 g/mol. The Morgan fingerprint density at radius 1 is 1.40 bits per heavy atom. The van der Waals surface area contributed by atoms with E-state index in [0.29, 0.717) is 0 Å². The topological polar surface area (TPSA) is 34.1 Å². The maximum atomic E-state index is 8.50. The Morgan fingerprint density at radius 3 is 1.40 bits per heavy atom. The molecule has 0 aromatic carbocycles. The Kier molecular flexibility index (Phi) is 33.8. The predicted molar refractivity (Wildman–Crippen MR) is 8.96 cm³/mol. The molecular formula is GdO2STi. The summed E-state index contributed by atoms with van der Waals surface area (Å²) >= 11 is -0.556. The summed E-state index contributed by atoms with van der Waals surface area (Å²) < 4.78 is 17.0. The van der Waals surface area contributed by atoms with Crippen LogP contribution in [0.3, 0.4) is 0 Å². The van der Waals surface area contributed by atoms with Crippen LogP contribution in [-0.2, 0) is 25.7 Å². The summed E-state index contributed by atoms with van der Waals surface area (Å²) in [5.74, 6) is 0. The number of rotatable bonds is 0. The second kappa shape index (κ2) is 16.9. The summed E-state index contributed by atoms with van der Waals surface area (Å²) in [6, 6.07) is 0. The zero-order chi connectivity index (χ0) is 4.71. The van der Waals surface area contributed by atoms with Gasteiger partial charge in [0.25, 0.3) is 0 Å². The average molecular weight is 269 g/mol. The van der Waals surface area contributed by atoms with E-state index in [9.17, 15) is 0 Å². The molecule has 2 nitrogen and oxygen atoms in total. The van der Waals surface area contributed by atoms with E-state index in [-0.39, 0.29) is 0 Å². The van der Waals surface area contributed by atoms with Gasteiger partial charge in [0.05, 0.1) is 0 Å². The van der Waals surface area contributed by atoms with Gasteiger partial charge in [0, 0.05) is 0 Å². The van der Waals surface area contributed by atoms with E-state index < -0.39 is 19.1 Å². The Labute approximate surface area is 65.9 Å². The van der Waals surface area contributed by atoms with Crippen molar-refractivity contribution in [3.8, 4) is 0 Å². The van der Waals surface area contributed by atoms with Crippen LogP contribution in [0.1, 0.15) is 0 Å². The van der Waals surface area contributed by atoms with Gasteiger partial charge in [0.2, 0.25) is 0 Å². The third-order valence-corrected chi connectivity index (χ3v) is 0. The van der Waals surface area contributed by atoms with E-state index in [1.165, 1.54) is 35.4 Å². The third-order valence-electron chi connectivity index (χ3n) is 0. The van der Waals surface area contributed by atoms with E-state index in [0.717, 1.165) is 0 Å². The predicted octanol–water partition coefficient (Wildman–Crippen LogP) is 0.408. The van der Waals surface area contributed by atoms with Crippen LogP contribution >= 0.6 is 6.17 Å². The molecule has 5 heteroatoms. The van der Waals surface area contributed by atoms with E-state index in [1.54, 1.807) is 0 Å². The first-order valence-electron chi connectivity index (χ1n) is 0.553. The van der Waals surface area contributed by atoms with Gasteiger partial charge in [-0.05, 0) is 0 Å². The molecule has 0 aliphatic rings. The molecule has 0 radical (unpaired) electrons. The van der Waals surface area contributed by atoms with Crippen LogP contribution in [0.4, 0.5) is 0 Å². The first-order valence-corrected chi connectivity index (χ1v) is 4.89. The summed E-state index contributed by atoms with van der Waals surface area (Å²) in [6.07, 6.45) is 4.11. The molecule has 0 heterocycles. The van der Waals surface area contributed by atoms with Crippen LogP contribution in [0.2, 0.25) is 0 Å². The summed E-state index contributed by atoms with van der Waals surface area (Å²) in [5.41, 5.74) is 0. The van der Waals surface area contributed by atoms with Crippen LogP contribution in [0.15, 0.2) is 0 Å². The molecule has 30 valence electrons. The summed E-state index contributed by atoms with van der Waals surface area (Å²) in [7, 11) is 0. The van der Waals surface area contributed by atoms with E-state index in [1.807, 2.05) is 0 Å². The Balaban J connectivity index is 0. The van der Waals surface area contributed by atoms with Gasteiger partial charge in [0.1, 0.15) is 0 Å². The Morgan fingerprint density at radius 2 is 1.40 bits per heavy atom. The SMILES string of the molecule is [O]=[Ti]=[O].[S]=[Gd].